The van der Waals surface area contributed by atoms with E-state index in [0.29, 0.717) is 11.6 Å². The predicted molar refractivity (Wildman–Crippen MR) is 191 cm³/mol. The van der Waals surface area contributed by atoms with E-state index >= 15 is 0 Å². The normalized spacial score (nSPS) is 12.1. The Morgan fingerprint density at radius 3 is 1.88 bits per heavy atom. The van der Waals surface area contributed by atoms with Crippen LogP contribution in [0.4, 0.5) is 17.6 Å². The van der Waals surface area contributed by atoms with Crippen molar-refractivity contribution >= 4 is 43.6 Å². The van der Waals surface area contributed by atoms with Gasteiger partial charge in [-0.05, 0) is 58.7 Å². The number of aromatic nitrogens is 2. The standard InChI is InChI=1S/C43H26F4N2/c44-29-23-24-31(34(25-29)43(45,46)47)26-19-21-28(22-20-26)37-40-33-16-8-10-18-36(33)49(30-13-5-2-6-14-30)42(40)38(27-11-3-1-4-12-27)39-32-15-7-9-17-35(32)48-41(37)39/h1-25,48H. The lowest BCUT2D eigenvalue weighted by Crippen LogP contribution is -2.07. The van der Waals surface area contributed by atoms with Crippen LogP contribution in [0, 0.1) is 5.82 Å². The highest BCUT2D eigenvalue weighted by atomic mass is 19.4. The topological polar surface area (TPSA) is 20.7 Å². The lowest BCUT2D eigenvalue weighted by molar-refractivity contribution is -0.137. The third kappa shape index (κ3) is 4.55. The Hall–Kier alpha value is -6.14. The van der Waals surface area contributed by atoms with E-state index in [1.807, 2.05) is 60.7 Å². The molecule has 0 bridgehead atoms. The zero-order chi connectivity index (χ0) is 33.3. The maximum atomic E-state index is 14.0. The van der Waals surface area contributed by atoms with Crippen molar-refractivity contribution in [3.63, 3.8) is 0 Å². The summed E-state index contributed by atoms with van der Waals surface area (Å²) in [4.78, 5) is 3.74. The van der Waals surface area contributed by atoms with Crippen LogP contribution in [-0.2, 0) is 6.18 Å². The smallest absolute Gasteiger partial charge is 0.354 e. The van der Waals surface area contributed by atoms with E-state index in [1.165, 1.54) is 6.07 Å². The quantitative estimate of drug-likeness (QED) is 0.184. The number of nitrogens with one attached hydrogen (secondary N) is 1. The molecule has 9 aromatic rings. The van der Waals surface area contributed by atoms with E-state index in [4.69, 9.17) is 0 Å². The molecule has 0 aliphatic carbocycles. The van der Waals surface area contributed by atoms with Crippen molar-refractivity contribution in [3.05, 3.63) is 163 Å². The average molecular weight is 647 g/mol. The maximum Gasteiger partial charge on any atom is 0.417 e. The van der Waals surface area contributed by atoms with E-state index < -0.39 is 17.6 Å². The first-order valence-corrected chi connectivity index (χ1v) is 16.0. The minimum absolute atomic E-state index is 0.0681. The molecule has 0 atom stereocenters. The fourth-order valence-corrected chi connectivity index (χ4v) is 7.40. The highest BCUT2D eigenvalue weighted by molar-refractivity contribution is 6.32. The first-order valence-electron chi connectivity index (χ1n) is 16.0. The van der Waals surface area contributed by atoms with Gasteiger partial charge in [0.2, 0.25) is 0 Å². The van der Waals surface area contributed by atoms with E-state index in [2.05, 4.69) is 70.2 Å². The minimum Gasteiger partial charge on any atom is -0.354 e. The molecule has 49 heavy (non-hydrogen) atoms. The van der Waals surface area contributed by atoms with Crippen molar-refractivity contribution in [1.29, 1.82) is 0 Å². The van der Waals surface area contributed by atoms with E-state index in [0.717, 1.165) is 77.6 Å². The van der Waals surface area contributed by atoms with Crippen LogP contribution in [0.5, 0.6) is 0 Å². The molecule has 0 amide bonds. The highest BCUT2D eigenvalue weighted by Crippen LogP contribution is 2.50. The maximum absolute atomic E-state index is 14.0. The molecule has 2 aromatic heterocycles. The molecule has 0 aliphatic heterocycles. The summed E-state index contributed by atoms with van der Waals surface area (Å²) in [6.07, 6.45) is -4.70. The fraction of sp³-hybridized carbons (Fsp3) is 0.0233. The second-order valence-corrected chi connectivity index (χ2v) is 12.2. The first kappa shape index (κ1) is 29.0. The van der Waals surface area contributed by atoms with Crippen LogP contribution in [0.15, 0.2) is 152 Å². The van der Waals surface area contributed by atoms with Gasteiger partial charge in [0, 0.05) is 43.9 Å². The molecule has 0 aliphatic rings. The number of alkyl halides is 3. The number of benzene rings is 7. The summed E-state index contributed by atoms with van der Waals surface area (Å²) in [6, 6.07) is 47.2. The van der Waals surface area contributed by atoms with Crippen LogP contribution >= 0.6 is 0 Å². The van der Waals surface area contributed by atoms with Crippen molar-refractivity contribution < 1.29 is 17.6 Å². The van der Waals surface area contributed by atoms with Crippen molar-refractivity contribution in [2.45, 2.75) is 6.18 Å². The largest absolute Gasteiger partial charge is 0.417 e. The minimum atomic E-state index is -4.70. The molecule has 0 spiro atoms. The third-order valence-electron chi connectivity index (χ3n) is 9.42. The highest BCUT2D eigenvalue weighted by Gasteiger charge is 2.34. The number of aromatic amines is 1. The predicted octanol–water partition coefficient (Wildman–Crippen LogP) is 12.6. The molecule has 7 aromatic carbocycles. The molecule has 0 saturated heterocycles. The van der Waals surface area contributed by atoms with Crippen molar-refractivity contribution in [3.8, 4) is 39.1 Å². The molecule has 0 fully saturated rings. The molecular formula is C43H26F4N2. The van der Waals surface area contributed by atoms with Crippen LogP contribution in [-0.4, -0.2) is 9.55 Å². The third-order valence-corrected chi connectivity index (χ3v) is 9.42. The number of rotatable bonds is 4. The SMILES string of the molecule is Fc1ccc(-c2ccc(-c3c4[nH]c5ccccc5c4c(-c4ccccc4)c4c3c3ccccc3n4-c3ccccc3)cc2)c(C(F)(F)F)c1. The summed E-state index contributed by atoms with van der Waals surface area (Å²) in [7, 11) is 0. The Morgan fingerprint density at radius 1 is 0.531 bits per heavy atom. The van der Waals surface area contributed by atoms with Crippen LogP contribution in [0.1, 0.15) is 5.56 Å². The molecule has 0 unspecified atom stereocenters. The van der Waals surface area contributed by atoms with Gasteiger partial charge in [0.25, 0.3) is 0 Å². The van der Waals surface area contributed by atoms with E-state index in [9.17, 15) is 17.6 Å². The zero-order valence-electron chi connectivity index (χ0n) is 25.9. The van der Waals surface area contributed by atoms with Gasteiger partial charge >= 0.3 is 6.18 Å². The molecule has 0 radical (unpaired) electrons. The molecule has 2 heterocycles. The first-order chi connectivity index (χ1) is 23.9. The van der Waals surface area contributed by atoms with Gasteiger partial charge in [0.1, 0.15) is 5.82 Å². The molecule has 1 N–H and O–H groups in total. The van der Waals surface area contributed by atoms with Gasteiger partial charge in [-0.25, -0.2) is 4.39 Å². The zero-order valence-corrected chi connectivity index (χ0v) is 25.9. The summed E-state index contributed by atoms with van der Waals surface area (Å²) in [5.74, 6) is -0.926. The number of fused-ring (bicyclic) bond motifs is 6. The van der Waals surface area contributed by atoms with Crippen LogP contribution in [0.3, 0.4) is 0 Å². The van der Waals surface area contributed by atoms with Crippen molar-refractivity contribution in [1.82, 2.24) is 9.55 Å². The number of nitrogens with zero attached hydrogens (tertiary/aromatic N) is 1. The molecule has 0 saturated carbocycles. The number of H-pyrrole nitrogens is 1. The summed E-state index contributed by atoms with van der Waals surface area (Å²) >= 11 is 0. The van der Waals surface area contributed by atoms with E-state index in [-0.39, 0.29) is 5.56 Å². The second-order valence-electron chi connectivity index (χ2n) is 12.2. The Balaban J connectivity index is 1.45. The summed E-state index contributed by atoms with van der Waals surface area (Å²) in [5.41, 5.74) is 8.25. The summed E-state index contributed by atoms with van der Waals surface area (Å²) in [5, 5.41) is 4.22. The fourth-order valence-electron chi connectivity index (χ4n) is 7.40. The lowest BCUT2D eigenvalue weighted by atomic mass is 9.89. The van der Waals surface area contributed by atoms with Crippen molar-refractivity contribution in [2.24, 2.45) is 0 Å². The number of para-hydroxylation sites is 3. The van der Waals surface area contributed by atoms with Gasteiger partial charge in [-0.3, -0.25) is 0 Å². The summed E-state index contributed by atoms with van der Waals surface area (Å²) in [6.45, 7) is 0. The monoisotopic (exact) mass is 646 g/mol. The molecule has 9 rings (SSSR count). The Labute approximate surface area is 278 Å². The number of hydrogen-bond donors (Lipinski definition) is 1. The Kier molecular flexibility index (Phi) is 6.49. The van der Waals surface area contributed by atoms with Crippen LogP contribution in [0.25, 0.3) is 82.7 Å². The van der Waals surface area contributed by atoms with Gasteiger partial charge in [-0.2, -0.15) is 13.2 Å². The second kappa shape index (κ2) is 11.0. The van der Waals surface area contributed by atoms with Gasteiger partial charge < -0.3 is 9.55 Å². The summed E-state index contributed by atoms with van der Waals surface area (Å²) < 4.78 is 58.3. The van der Waals surface area contributed by atoms with Gasteiger partial charge in [0.05, 0.1) is 22.1 Å². The number of hydrogen-bond acceptors (Lipinski definition) is 0. The van der Waals surface area contributed by atoms with Gasteiger partial charge in [-0.15, -0.1) is 0 Å². The lowest BCUT2D eigenvalue weighted by Gasteiger charge is -2.17. The van der Waals surface area contributed by atoms with Gasteiger partial charge in [-0.1, -0.05) is 115 Å². The van der Waals surface area contributed by atoms with Crippen LogP contribution < -0.4 is 0 Å². The van der Waals surface area contributed by atoms with Crippen LogP contribution in [0.2, 0.25) is 0 Å². The number of halogens is 4. The molecule has 2 nitrogen and oxygen atoms in total. The van der Waals surface area contributed by atoms with Crippen molar-refractivity contribution in [2.75, 3.05) is 0 Å². The average Bonchev–Trinajstić information content (AvgIpc) is 3.67. The molecule has 236 valence electrons. The Morgan fingerprint density at radius 2 is 1.14 bits per heavy atom. The molecular weight excluding hydrogens is 620 g/mol. The molecule has 6 heteroatoms. The Bertz CT molecular complexity index is 2690. The van der Waals surface area contributed by atoms with E-state index in [1.54, 1.807) is 12.1 Å². The van der Waals surface area contributed by atoms with Gasteiger partial charge in [0.15, 0.2) is 0 Å².